The first-order chi connectivity index (χ1) is 6.06. The summed E-state index contributed by atoms with van der Waals surface area (Å²) in [5.74, 6) is -4.78. The van der Waals surface area contributed by atoms with Crippen LogP contribution in [0.4, 0.5) is 8.78 Å². The Balaban J connectivity index is 2.28. The molecule has 0 aromatic heterocycles. The van der Waals surface area contributed by atoms with Crippen LogP contribution < -0.4 is 5.48 Å². The molecule has 1 heterocycles. The molecular formula is C7H11F2NO3. The second-order valence-corrected chi connectivity index (χ2v) is 2.72. The fraction of sp³-hybridized carbons (Fsp3) is 0.857. The van der Waals surface area contributed by atoms with Crippen molar-refractivity contribution in [3.05, 3.63) is 0 Å². The van der Waals surface area contributed by atoms with Gasteiger partial charge >= 0.3 is 11.9 Å². The number of carbonyl (C=O) groups excluding carboxylic acids is 1. The highest BCUT2D eigenvalue weighted by atomic mass is 19.3. The average Bonchev–Trinajstić information content (AvgIpc) is 2.27. The van der Waals surface area contributed by atoms with Gasteiger partial charge in [0.1, 0.15) is 6.10 Å². The van der Waals surface area contributed by atoms with Gasteiger partial charge in [-0.05, 0) is 6.92 Å². The summed E-state index contributed by atoms with van der Waals surface area (Å²) in [6, 6.07) is 0. The van der Waals surface area contributed by atoms with E-state index < -0.39 is 24.4 Å². The molecule has 0 radical (unpaired) electrons. The van der Waals surface area contributed by atoms with E-state index in [9.17, 15) is 13.6 Å². The molecule has 0 aromatic carbocycles. The molecule has 0 amide bonds. The lowest BCUT2D eigenvalue weighted by Crippen LogP contribution is -2.27. The number of cyclic esters (lactones) is 1. The Morgan fingerprint density at radius 2 is 2.46 bits per heavy atom. The van der Waals surface area contributed by atoms with Crippen LogP contribution in [0.15, 0.2) is 0 Å². The number of hydrogen-bond acceptors (Lipinski definition) is 4. The molecule has 0 bridgehead atoms. The van der Waals surface area contributed by atoms with E-state index in [1.165, 1.54) is 0 Å². The second-order valence-electron chi connectivity index (χ2n) is 2.72. The summed E-state index contributed by atoms with van der Waals surface area (Å²) in [6.07, 6.45) is -1.37. The minimum Gasteiger partial charge on any atom is -0.456 e. The van der Waals surface area contributed by atoms with Gasteiger partial charge in [-0.2, -0.15) is 14.3 Å². The van der Waals surface area contributed by atoms with Crippen LogP contribution in [0.1, 0.15) is 13.3 Å². The zero-order chi connectivity index (χ0) is 9.90. The number of nitrogens with one attached hydrogen (secondary N) is 1. The Morgan fingerprint density at radius 1 is 1.77 bits per heavy atom. The zero-order valence-corrected chi connectivity index (χ0v) is 7.18. The van der Waals surface area contributed by atoms with Crippen molar-refractivity contribution < 1.29 is 23.1 Å². The molecular weight excluding hydrogens is 184 g/mol. The van der Waals surface area contributed by atoms with Crippen LogP contribution in [0.3, 0.4) is 0 Å². The molecule has 1 aliphatic heterocycles. The minimum absolute atomic E-state index is 0.0924. The fourth-order valence-corrected chi connectivity index (χ4v) is 1.02. The number of ether oxygens (including phenoxy) is 1. The van der Waals surface area contributed by atoms with Crippen molar-refractivity contribution in [2.24, 2.45) is 0 Å². The van der Waals surface area contributed by atoms with E-state index >= 15 is 0 Å². The van der Waals surface area contributed by atoms with E-state index in [2.05, 4.69) is 10.2 Å². The topological polar surface area (TPSA) is 47.6 Å². The third-order valence-corrected chi connectivity index (χ3v) is 1.61. The lowest BCUT2D eigenvalue weighted by Gasteiger charge is -2.08. The molecule has 76 valence electrons. The van der Waals surface area contributed by atoms with Gasteiger partial charge in [0, 0.05) is 0 Å². The number of halogens is 2. The van der Waals surface area contributed by atoms with E-state index in [0.29, 0.717) is 6.61 Å². The van der Waals surface area contributed by atoms with Gasteiger partial charge in [0.15, 0.2) is 0 Å². The molecule has 6 heteroatoms. The SMILES string of the molecule is CCONCC1CC(F)(F)C(=O)O1. The molecule has 4 nitrogen and oxygen atoms in total. The summed E-state index contributed by atoms with van der Waals surface area (Å²) in [5.41, 5.74) is 2.42. The van der Waals surface area contributed by atoms with E-state index in [4.69, 9.17) is 4.84 Å². The van der Waals surface area contributed by atoms with Crippen molar-refractivity contribution in [1.82, 2.24) is 5.48 Å². The van der Waals surface area contributed by atoms with Crippen molar-refractivity contribution in [3.63, 3.8) is 0 Å². The first-order valence-electron chi connectivity index (χ1n) is 4.00. The summed E-state index contributed by atoms with van der Waals surface area (Å²) in [7, 11) is 0. The number of hydrogen-bond donors (Lipinski definition) is 1. The summed E-state index contributed by atoms with van der Waals surface area (Å²) in [6.45, 7) is 2.27. The van der Waals surface area contributed by atoms with Crippen molar-refractivity contribution in [1.29, 1.82) is 0 Å². The molecule has 0 saturated carbocycles. The third kappa shape index (κ3) is 2.60. The molecule has 1 saturated heterocycles. The molecule has 13 heavy (non-hydrogen) atoms. The normalized spacial score (nSPS) is 26.1. The molecule has 1 N–H and O–H groups in total. The Bertz CT molecular complexity index is 198. The monoisotopic (exact) mass is 195 g/mol. The molecule has 1 fully saturated rings. The lowest BCUT2D eigenvalue weighted by molar-refractivity contribution is -0.159. The van der Waals surface area contributed by atoms with Gasteiger partial charge in [-0.25, -0.2) is 4.79 Å². The second kappa shape index (κ2) is 3.97. The molecule has 1 atom stereocenters. The molecule has 0 aromatic rings. The highest BCUT2D eigenvalue weighted by Crippen LogP contribution is 2.30. The van der Waals surface area contributed by atoms with Crippen LogP contribution in [0, 0.1) is 0 Å². The molecule has 0 spiro atoms. The highest BCUT2D eigenvalue weighted by Gasteiger charge is 2.50. The molecule has 1 rings (SSSR count). The van der Waals surface area contributed by atoms with E-state index in [-0.39, 0.29) is 6.54 Å². The van der Waals surface area contributed by atoms with E-state index in [1.807, 2.05) is 0 Å². The maximum absolute atomic E-state index is 12.6. The van der Waals surface area contributed by atoms with Crippen molar-refractivity contribution in [3.8, 4) is 0 Å². The van der Waals surface area contributed by atoms with Gasteiger partial charge in [0.05, 0.1) is 19.6 Å². The number of esters is 1. The predicted molar refractivity (Wildman–Crippen MR) is 39.1 cm³/mol. The Hall–Kier alpha value is -0.750. The minimum atomic E-state index is -3.33. The van der Waals surface area contributed by atoms with Crippen molar-refractivity contribution in [2.45, 2.75) is 25.4 Å². The van der Waals surface area contributed by atoms with Gasteiger partial charge in [-0.15, -0.1) is 0 Å². The molecule has 0 aliphatic carbocycles. The third-order valence-electron chi connectivity index (χ3n) is 1.61. The Kier molecular flexibility index (Phi) is 3.16. The quantitative estimate of drug-likeness (QED) is 0.402. The Morgan fingerprint density at radius 3 is 2.92 bits per heavy atom. The molecule has 1 aliphatic rings. The van der Waals surface area contributed by atoms with Gasteiger partial charge in [0.2, 0.25) is 0 Å². The maximum atomic E-state index is 12.6. The zero-order valence-electron chi connectivity index (χ0n) is 7.18. The standard InChI is InChI=1S/C7H11F2NO3/c1-2-12-10-4-5-3-7(8,9)6(11)13-5/h5,10H,2-4H2,1H3. The highest BCUT2D eigenvalue weighted by molar-refractivity contribution is 5.79. The maximum Gasteiger partial charge on any atom is 0.377 e. The van der Waals surface area contributed by atoms with Crippen LogP contribution in [0.2, 0.25) is 0 Å². The van der Waals surface area contributed by atoms with E-state index in [1.54, 1.807) is 6.92 Å². The largest absolute Gasteiger partial charge is 0.456 e. The summed E-state index contributed by atoms with van der Waals surface area (Å²) in [5, 5.41) is 0. The van der Waals surface area contributed by atoms with Gasteiger partial charge in [-0.1, -0.05) is 0 Å². The predicted octanol–water partition coefficient (Wildman–Crippen LogP) is 0.478. The number of alkyl halides is 2. The van der Waals surface area contributed by atoms with Crippen molar-refractivity contribution in [2.75, 3.05) is 13.2 Å². The fourth-order valence-electron chi connectivity index (χ4n) is 1.02. The first-order valence-corrected chi connectivity index (χ1v) is 4.00. The average molecular weight is 195 g/mol. The van der Waals surface area contributed by atoms with Gasteiger partial charge < -0.3 is 9.57 Å². The van der Waals surface area contributed by atoms with Crippen LogP contribution in [-0.2, 0) is 14.4 Å². The number of hydroxylamine groups is 1. The van der Waals surface area contributed by atoms with E-state index in [0.717, 1.165) is 0 Å². The van der Waals surface area contributed by atoms with Gasteiger partial charge in [-0.3, -0.25) is 0 Å². The summed E-state index contributed by atoms with van der Waals surface area (Å²) < 4.78 is 29.5. The first kappa shape index (κ1) is 10.3. The Labute approximate surface area is 74.1 Å². The number of rotatable bonds is 4. The van der Waals surface area contributed by atoms with Crippen LogP contribution in [0.5, 0.6) is 0 Å². The van der Waals surface area contributed by atoms with Gasteiger partial charge in [0.25, 0.3) is 0 Å². The van der Waals surface area contributed by atoms with Crippen LogP contribution >= 0.6 is 0 Å². The van der Waals surface area contributed by atoms with Crippen LogP contribution in [-0.4, -0.2) is 31.1 Å². The summed E-state index contributed by atoms with van der Waals surface area (Å²) >= 11 is 0. The number of carbonyl (C=O) groups is 1. The molecule has 1 unspecified atom stereocenters. The smallest absolute Gasteiger partial charge is 0.377 e. The van der Waals surface area contributed by atoms with Crippen LogP contribution in [0.25, 0.3) is 0 Å². The van der Waals surface area contributed by atoms with Crippen molar-refractivity contribution >= 4 is 5.97 Å². The summed E-state index contributed by atoms with van der Waals surface area (Å²) in [4.78, 5) is 15.2. The lowest BCUT2D eigenvalue weighted by atomic mass is 10.2.